The quantitative estimate of drug-likeness (QED) is 0.433. The number of rotatable bonds is 8. The van der Waals surface area contributed by atoms with Crippen molar-refractivity contribution in [3.63, 3.8) is 0 Å². The van der Waals surface area contributed by atoms with Crippen molar-refractivity contribution < 1.29 is 18.0 Å². The lowest BCUT2D eigenvalue weighted by atomic mass is 9.91. The molecule has 0 atom stereocenters. The van der Waals surface area contributed by atoms with E-state index in [1.54, 1.807) is 6.08 Å². The van der Waals surface area contributed by atoms with E-state index < -0.39 is 11.7 Å². The monoisotopic (exact) mass is 437 g/mol. The fraction of sp³-hybridized carbons (Fsp3) is 0.222. The van der Waals surface area contributed by atoms with E-state index in [1.807, 2.05) is 60.5 Å². The van der Waals surface area contributed by atoms with E-state index in [1.165, 1.54) is 12.1 Å². The molecular weight excluding hydrogens is 411 g/mol. The number of carbonyl (C=O) groups is 1. The molecule has 2 nitrogen and oxygen atoms in total. The number of Topliss-reactive ketones (excluding diaryl/α,β-unsaturated/α-hetero) is 1. The summed E-state index contributed by atoms with van der Waals surface area (Å²) in [5.74, 6) is -0.206. The van der Waals surface area contributed by atoms with Crippen LogP contribution in [-0.2, 0) is 17.5 Å². The standard InChI is InChI=1S/C27H26F3NO/c1-20(18-31(2)19-22-9-5-3-6-10-22)26(32)25(23-11-7-4-8-12-23)17-21-13-15-24(16-14-21)27(28,29)30/h3,5-7,9-17H,1,4,8,18-19H2,2H3/b25-17-. The Balaban J connectivity index is 1.81. The molecule has 0 aromatic heterocycles. The van der Waals surface area contributed by atoms with Crippen molar-refractivity contribution in [2.75, 3.05) is 13.6 Å². The highest BCUT2D eigenvalue weighted by atomic mass is 19.4. The van der Waals surface area contributed by atoms with Gasteiger partial charge in [0.1, 0.15) is 0 Å². The van der Waals surface area contributed by atoms with Gasteiger partial charge in [-0.05, 0) is 54.8 Å². The topological polar surface area (TPSA) is 20.3 Å². The van der Waals surface area contributed by atoms with Crippen LogP contribution in [0, 0.1) is 0 Å². The van der Waals surface area contributed by atoms with Gasteiger partial charge in [0.25, 0.3) is 0 Å². The highest BCUT2D eigenvalue weighted by Gasteiger charge is 2.30. The van der Waals surface area contributed by atoms with E-state index >= 15 is 0 Å². The molecule has 166 valence electrons. The summed E-state index contributed by atoms with van der Waals surface area (Å²) < 4.78 is 38.6. The summed E-state index contributed by atoms with van der Waals surface area (Å²) in [7, 11) is 1.92. The minimum atomic E-state index is -4.40. The third-order valence-electron chi connectivity index (χ3n) is 5.18. The highest BCUT2D eigenvalue weighted by molar-refractivity contribution is 6.14. The number of alkyl halides is 3. The molecule has 0 radical (unpaired) electrons. The van der Waals surface area contributed by atoms with Gasteiger partial charge in [-0.1, -0.05) is 67.3 Å². The Labute approximate surface area is 187 Å². The van der Waals surface area contributed by atoms with Crippen molar-refractivity contribution in [2.24, 2.45) is 0 Å². The second-order valence-corrected chi connectivity index (χ2v) is 7.91. The van der Waals surface area contributed by atoms with Crippen LogP contribution in [0.5, 0.6) is 0 Å². The summed E-state index contributed by atoms with van der Waals surface area (Å²) in [6.45, 7) is 5.07. The number of allylic oxidation sites excluding steroid dienone is 5. The van der Waals surface area contributed by atoms with Crippen molar-refractivity contribution >= 4 is 11.9 Å². The molecule has 0 N–H and O–H groups in total. The average molecular weight is 438 g/mol. The van der Waals surface area contributed by atoms with Crippen LogP contribution in [0.15, 0.2) is 96.1 Å². The first-order valence-electron chi connectivity index (χ1n) is 10.4. The third kappa shape index (κ3) is 6.41. The van der Waals surface area contributed by atoms with Gasteiger partial charge in [0.05, 0.1) is 5.56 Å². The minimum absolute atomic E-state index is 0.206. The summed E-state index contributed by atoms with van der Waals surface area (Å²) >= 11 is 0. The maximum Gasteiger partial charge on any atom is 0.416 e. The van der Waals surface area contributed by atoms with Gasteiger partial charge in [-0.15, -0.1) is 0 Å². The first-order valence-corrected chi connectivity index (χ1v) is 10.4. The van der Waals surface area contributed by atoms with E-state index in [0.29, 0.717) is 29.8 Å². The summed E-state index contributed by atoms with van der Waals surface area (Å²) in [6.07, 6.45) is 4.82. The molecule has 0 heterocycles. The van der Waals surface area contributed by atoms with Crippen molar-refractivity contribution in [1.29, 1.82) is 0 Å². The van der Waals surface area contributed by atoms with Crippen LogP contribution in [0.3, 0.4) is 0 Å². The van der Waals surface area contributed by atoms with E-state index in [4.69, 9.17) is 0 Å². The number of hydrogen-bond donors (Lipinski definition) is 0. The summed E-state index contributed by atoms with van der Waals surface area (Å²) in [5.41, 5.74) is 2.60. The van der Waals surface area contributed by atoms with Gasteiger partial charge in [0, 0.05) is 24.2 Å². The molecular formula is C27H26F3NO. The molecule has 5 heteroatoms. The smallest absolute Gasteiger partial charge is 0.298 e. The largest absolute Gasteiger partial charge is 0.416 e. The number of likely N-dealkylation sites (N-methyl/N-ethyl adjacent to an activating group) is 1. The van der Waals surface area contributed by atoms with Crippen molar-refractivity contribution in [1.82, 2.24) is 4.90 Å². The van der Waals surface area contributed by atoms with Crippen LogP contribution in [0.1, 0.15) is 29.5 Å². The zero-order valence-corrected chi connectivity index (χ0v) is 18.0. The molecule has 1 aliphatic rings. The van der Waals surface area contributed by atoms with Crippen molar-refractivity contribution in [3.05, 3.63) is 113 Å². The van der Waals surface area contributed by atoms with Gasteiger partial charge in [0.2, 0.25) is 0 Å². The van der Waals surface area contributed by atoms with E-state index in [2.05, 4.69) is 6.58 Å². The Morgan fingerprint density at radius 3 is 2.34 bits per heavy atom. The Morgan fingerprint density at radius 2 is 1.75 bits per heavy atom. The molecule has 1 aliphatic carbocycles. The van der Waals surface area contributed by atoms with Gasteiger partial charge in [-0.2, -0.15) is 13.2 Å². The molecule has 0 unspecified atom stereocenters. The lowest BCUT2D eigenvalue weighted by Crippen LogP contribution is -2.24. The highest BCUT2D eigenvalue weighted by Crippen LogP contribution is 2.30. The lowest BCUT2D eigenvalue weighted by Gasteiger charge is -2.19. The number of ketones is 1. The van der Waals surface area contributed by atoms with Crippen LogP contribution < -0.4 is 0 Å². The molecule has 32 heavy (non-hydrogen) atoms. The third-order valence-corrected chi connectivity index (χ3v) is 5.18. The van der Waals surface area contributed by atoms with E-state index in [0.717, 1.165) is 36.1 Å². The fourth-order valence-electron chi connectivity index (χ4n) is 3.57. The van der Waals surface area contributed by atoms with Gasteiger partial charge in [0.15, 0.2) is 5.78 Å². The first-order chi connectivity index (χ1) is 15.2. The molecule has 0 aliphatic heterocycles. The van der Waals surface area contributed by atoms with E-state index in [-0.39, 0.29) is 5.78 Å². The fourth-order valence-corrected chi connectivity index (χ4v) is 3.57. The average Bonchev–Trinajstić information content (AvgIpc) is 2.78. The number of halogens is 3. The van der Waals surface area contributed by atoms with Crippen LogP contribution in [0.4, 0.5) is 13.2 Å². The Kier molecular flexibility index (Phi) is 7.65. The second-order valence-electron chi connectivity index (χ2n) is 7.91. The van der Waals surface area contributed by atoms with Crippen LogP contribution >= 0.6 is 0 Å². The zero-order chi connectivity index (χ0) is 23.1. The number of benzene rings is 2. The molecule has 2 aromatic rings. The molecule has 0 spiro atoms. The zero-order valence-electron chi connectivity index (χ0n) is 18.0. The maximum atomic E-state index is 13.3. The normalized spacial score (nSPS) is 14.4. The predicted octanol–water partition coefficient (Wildman–Crippen LogP) is 6.62. The molecule has 0 bridgehead atoms. The van der Waals surface area contributed by atoms with Crippen molar-refractivity contribution in [2.45, 2.75) is 25.6 Å². The van der Waals surface area contributed by atoms with Gasteiger partial charge >= 0.3 is 6.18 Å². The van der Waals surface area contributed by atoms with Crippen LogP contribution in [0.2, 0.25) is 0 Å². The molecule has 0 fully saturated rings. The van der Waals surface area contributed by atoms with Crippen LogP contribution in [0.25, 0.3) is 6.08 Å². The number of hydrogen-bond acceptors (Lipinski definition) is 2. The Morgan fingerprint density at radius 1 is 1.06 bits per heavy atom. The van der Waals surface area contributed by atoms with Gasteiger partial charge < -0.3 is 0 Å². The minimum Gasteiger partial charge on any atom is -0.298 e. The molecule has 0 amide bonds. The maximum absolute atomic E-state index is 13.3. The summed E-state index contributed by atoms with van der Waals surface area (Å²) in [5, 5.41) is 0. The van der Waals surface area contributed by atoms with Gasteiger partial charge in [-0.3, -0.25) is 9.69 Å². The lowest BCUT2D eigenvalue weighted by molar-refractivity contribution is -0.137. The van der Waals surface area contributed by atoms with Crippen molar-refractivity contribution in [3.8, 4) is 0 Å². The summed E-state index contributed by atoms with van der Waals surface area (Å²) in [4.78, 5) is 15.3. The number of carbonyl (C=O) groups excluding carboxylic acids is 1. The first kappa shape index (κ1) is 23.5. The van der Waals surface area contributed by atoms with E-state index in [9.17, 15) is 18.0 Å². The SMILES string of the molecule is C=C(CN(C)Cc1ccccc1)C(=O)/C(=C\c1ccc(C(F)(F)F)cc1)C1=CCCC=C1. The predicted molar refractivity (Wildman–Crippen MR) is 123 cm³/mol. The molecule has 0 saturated carbocycles. The van der Waals surface area contributed by atoms with Gasteiger partial charge in [-0.25, -0.2) is 0 Å². The Hall–Kier alpha value is -3.18. The molecule has 3 rings (SSSR count). The number of nitrogens with zero attached hydrogens (tertiary/aromatic N) is 1. The Bertz CT molecular complexity index is 1040. The molecule has 2 aromatic carbocycles. The second kappa shape index (κ2) is 10.4. The molecule has 0 saturated heterocycles. The van der Waals surface area contributed by atoms with Crippen LogP contribution in [-0.4, -0.2) is 24.3 Å². The summed E-state index contributed by atoms with van der Waals surface area (Å²) in [6, 6.07) is 14.8.